The molecule has 0 bridgehead atoms. The quantitative estimate of drug-likeness (QED) is 0.809. The fourth-order valence-corrected chi connectivity index (χ4v) is 2.04. The van der Waals surface area contributed by atoms with E-state index in [0.29, 0.717) is 16.3 Å². The van der Waals surface area contributed by atoms with Gasteiger partial charge in [-0.05, 0) is 31.0 Å². The Morgan fingerprint density at radius 1 is 1.53 bits per heavy atom. The molecule has 1 aliphatic rings. The van der Waals surface area contributed by atoms with Crippen molar-refractivity contribution in [3.8, 4) is 0 Å². The molecule has 4 nitrogen and oxygen atoms in total. The molecule has 3 N–H and O–H groups in total. The summed E-state index contributed by atoms with van der Waals surface area (Å²) in [6.45, 7) is 0. The normalized spacial score (nSPS) is 22.9. The predicted octanol–water partition coefficient (Wildman–Crippen LogP) is 1.83. The van der Waals surface area contributed by atoms with Gasteiger partial charge in [0, 0.05) is 23.9 Å². The van der Waals surface area contributed by atoms with Crippen LogP contribution in [0, 0.1) is 0 Å². The summed E-state index contributed by atoms with van der Waals surface area (Å²) in [6, 6.07) is 5.05. The van der Waals surface area contributed by atoms with Crippen molar-refractivity contribution in [1.82, 2.24) is 5.32 Å². The van der Waals surface area contributed by atoms with Crippen LogP contribution in [0.5, 0.6) is 0 Å². The first-order valence-corrected chi connectivity index (χ1v) is 5.86. The number of carbonyl (C=O) groups is 1. The van der Waals surface area contributed by atoms with Crippen LogP contribution in [0.25, 0.3) is 0 Å². The second-order valence-electron chi connectivity index (χ2n) is 4.23. The number of ether oxygens (including phenoxy) is 1. The number of halogens is 1. The van der Waals surface area contributed by atoms with Gasteiger partial charge in [-0.2, -0.15) is 0 Å². The van der Waals surface area contributed by atoms with Crippen molar-refractivity contribution in [2.45, 2.75) is 25.0 Å². The van der Waals surface area contributed by atoms with Gasteiger partial charge in [0.15, 0.2) is 0 Å². The summed E-state index contributed by atoms with van der Waals surface area (Å²) >= 11 is 5.84. The second-order valence-corrected chi connectivity index (χ2v) is 4.67. The van der Waals surface area contributed by atoms with Crippen LogP contribution in [0.4, 0.5) is 5.69 Å². The first-order valence-electron chi connectivity index (χ1n) is 5.49. The minimum absolute atomic E-state index is 0.172. The van der Waals surface area contributed by atoms with Crippen LogP contribution in [0.1, 0.15) is 23.2 Å². The number of nitrogens with one attached hydrogen (secondary N) is 1. The Kier molecular flexibility index (Phi) is 3.54. The third-order valence-corrected chi connectivity index (χ3v) is 3.26. The van der Waals surface area contributed by atoms with Crippen LogP contribution in [0.3, 0.4) is 0 Å². The molecular weight excluding hydrogens is 240 g/mol. The molecular formula is C12H15ClN2O2. The summed E-state index contributed by atoms with van der Waals surface area (Å²) in [5.41, 5.74) is 6.60. The number of hydrogen-bond donors (Lipinski definition) is 2. The topological polar surface area (TPSA) is 64.3 Å². The first kappa shape index (κ1) is 12.2. The van der Waals surface area contributed by atoms with Crippen LogP contribution in [0.15, 0.2) is 18.2 Å². The van der Waals surface area contributed by atoms with Gasteiger partial charge < -0.3 is 15.8 Å². The van der Waals surface area contributed by atoms with Crippen molar-refractivity contribution in [2.75, 3.05) is 12.8 Å². The van der Waals surface area contributed by atoms with Gasteiger partial charge in [-0.15, -0.1) is 0 Å². The smallest absolute Gasteiger partial charge is 0.253 e. The van der Waals surface area contributed by atoms with E-state index in [-0.39, 0.29) is 18.1 Å². The maximum atomic E-state index is 11.9. The van der Waals surface area contributed by atoms with Gasteiger partial charge in [-0.3, -0.25) is 4.79 Å². The lowest BCUT2D eigenvalue weighted by atomic mass is 9.89. The van der Waals surface area contributed by atoms with E-state index in [0.717, 1.165) is 12.8 Å². The summed E-state index contributed by atoms with van der Waals surface area (Å²) in [6.07, 6.45) is 1.96. The number of nitrogens with two attached hydrogens (primary N) is 1. The molecule has 1 saturated carbocycles. The van der Waals surface area contributed by atoms with Crippen molar-refractivity contribution >= 4 is 23.2 Å². The Hall–Kier alpha value is -1.26. The molecule has 2 rings (SSSR count). The van der Waals surface area contributed by atoms with E-state index >= 15 is 0 Å². The van der Waals surface area contributed by atoms with Crippen molar-refractivity contribution in [2.24, 2.45) is 0 Å². The highest BCUT2D eigenvalue weighted by Crippen LogP contribution is 2.24. The van der Waals surface area contributed by atoms with Crippen molar-refractivity contribution in [3.05, 3.63) is 28.8 Å². The highest BCUT2D eigenvalue weighted by Gasteiger charge is 2.30. The highest BCUT2D eigenvalue weighted by atomic mass is 35.5. The van der Waals surface area contributed by atoms with Crippen LogP contribution >= 0.6 is 11.6 Å². The summed E-state index contributed by atoms with van der Waals surface area (Å²) < 4.78 is 5.15. The number of nitrogen functional groups attached to an aromatic ring is 1. The Morgan fingerprint density at radius 3 is 2.88 bits per heavy atom. The second kappa shape index (κ2) is 4.94. The number of methoxy groups -OCH3 is 1. The molecule has 0 atom stereocenters. The molecule has 0 aromatic heterocycles. The molecule has 1 fully saturated rings. The van der Waals surface area contributed by atoms with Crippen molar-refractivity contribution in [1.29, 1.82) is 0 Å². The standard InChI is InChI=1S/C12H15ClN2O2/c1-17-9-5-8(6-9)15-12(16)10-4-7(13)2-3-11(10)14/h2-4,8-9H,5-6,14H2,1H3,(H,15,16). The summed E-state index contributed by atoms with van der Waals surface area (Å²) in [5, 5.41) is 3.41. The fraction of sp³-hybridized carbons (Fsp3) is 0.417. The van der Waals surface area contributed by atoms with Gasteiger partial charge in [0.05, 0.1) is 11.7 Å². The van der Waals surface area contributed by atoms with Gasteiger partial charge in [0.2, 0.25) is 0 Å². The molecule has 1 aromatic carbocycles. The van der Waals surface area contributed by atoms with Crippen LogP contribution in [0.2, 0.25) is 5.02 Å². The SMILES string of the molecule is COC1CC(NC(=O)c2cc(Cl)ccc2N)C1. The van der Waals surface area contributed by atoms with Crippen molar-refractivity contribution in [3.63, 3.8) is 0 Å². The molecule has 0 saturated heterocycles. The Morgan fingerprint density at radius 2 is 2.24 bits per heavy atom. The zero-order chi connectivity index (χ0) is 12.4. The largest absolute Gasteiger partial charge is 0.398 e. The van der Waals surface area contributed by atoms with Gasteiger partial charge in [0.25, 0.3) is 5.91 Å². The average Bonchev–Trinajstić information content (AvgIpc) is 2.25. The Bertz CT molecular complexity index is 431. The van der Waals surface area contributed by atoms with Gasteiger partial charge >= 0.3 is 0 Å². The molecule has 92 valence electrons. The van der Waals surface area contributed by atoms with E-state index in [9.17, 15) is 4.79 Å². The highest BCUT2D eigenvalue weighted by molar-refractivity contribution is 6.31. The molecule has 1 aliphatic carbocycles. The Balaban J connectivity index is 1.98. The first-order chi connectivity index (χ1) is 8.10. The number of rotatable bonds is 3. The van der Waals surface area contributed by atoms with E-state index in [4.69, 9.17) is 22.1 Å². The molecule has 0 heterocycles. The monoisotopic (exact) mass is 254 g/mol. The van der Waals surface area contributed by atoms with Gasteiger partial charge in [-0.1, -0.05) is 11.6 Å². The number of benzene rings is 1. The number of hydrogen-bond acceptors (Lipinski definition) is 3. The molecule has 1 aromatic rings. The third kappa shape index (κ3) is 2.70. The molecule has 0 aliphatic heterocycles. The zero-order valence-corrected chi connectivity index (χ0v) is 10.3. The lowest BCUT2D eigenvalue weighted by Gasteiger charge is -2.34. The maximum Gasteiger partial charge on any atom is 0.253 e. The minimum Gasteiger partial charge on any atom is -0.398 e. The lowest BCUT2D eigenvalue weighted by Crippen LogP contribution is -2.47. The molecule has 0 spiro atoms. The fourth-order valence-electron chi connectivity index (χ4n) is 1.86. The van der Waals surface area contributed by atoms with Crippen molar-refractivity contribution < 1.29 is 9.53 Å². The van der Waals surface area contributed by atoms with Gasteiger partial charge in [-0.25, -0.2) is 0 Å². The van der Waals surface area contributed by atoms with E-state index in [1.165, 1.54) is 0 Å². The van der Waals surface area contributed by atoms with Crippen LogP contribution in [-0.4, -0.2) is 25.2 Å². The molecule has 17 heavy (non-hydrogen) atoms. The third-order valence-electron chi connectivity index (χ3n) is 3.02. The van der Waals surface area contributed by atoms with Crippen LogP contribution in [-0.2, 0) is 4.74 Å². The summed E-state index contributed by atoms with van der Waals surface area (Å²) in [5.74, 6) is -0.176. The molecule has 5 heteroatoms. The number of carbonyl (C=O) groups excluding carboxylic acids is 1. The molecule has 1 amide bonds. The number of anilines is 1. The van der Waals surface area contributed by atoms with E-state index in [2.05, 4.69) is 5.32 Å². The zero-order valence-electron chi connectivity index (χ0n) is 9.57. The van der Waals surface area contributed by atoms with Crippen LogP contribution < -0.4 is 11.1 Å². The van der Waals surface area contributed by atoms with E-state index in [1.807, 2.05) is 0 Å². The Labute approximate surface area is 105 Å². The lowest BCUT2D eigenvalue weighted by molar-refractivity contribution is 0.0176. The molecule has 0 unspecified atom stereocenters. The maximum absolute atomic E-state index is 11.9. The number of amides is 1. The summed E-state index contributed by atoms with van der Waals surface area (Å²) in [7, 11) is 1.68. The van der Waals surface area contributed by atoms with Gasteiger partial charge in [0.1, 0.15) is 0 Å². The van der Waals surface area contributed by atoms with E-state index < -0.39 is 0 Å². The van der Waals surface area contributed by atoms with E-state index in [1.54, 1.807) is 25.3 Å². The average molecular weight is 255 g/mol. The summed E-state index contributed by atoms with van der Waals surface area (Å²) in [4.78, 5) is 11.9. The molecule has 0 radical (unpaired) electrons. The predicted molar refractivity (Wildman–Crippen MR) is 67.1 cm³/mol. The minimum atomic E-state index is -0.176.